The van der Waals surface area contributed by atoms with Crippen LogP contribution in [0.5, 0.6) is 0 Å². The second-order valence-electron chi connectivity index (χ2n) is 8.02. The van der Waals surface area contributed by atoms with Crippen LogP contribution < -0.4 is 5.32 Å². The van der Waals surface area contributed by atoms with Gasteiger partial charge < -0.3 is 10.3 Å². The number of H-pyrrole nitrogens is 1. The third-order valence-electron chi connectivity index (χ3n) is 5.21. The zero-order valence-electron chi connectivity index (χ0n) is 18.9. The van der Waals surface area contributed by atoms with E-state index in [0.717, 1.165) is 17.3 Å². The number of carbonyl (C=O) groups excluding carboxylic acids is 1. The smallest absolute Gasteiger partial charge is 0.234 e. The van der Waals surface area contributed by atoms with Crippen molar-refractivity contribution in [2.75, 3.05) is 11.1 Å². The highest BCUT2D eigenvalue weighted by Crippen LogP contribution is 2.32. The quantitative estimate of drug-likeness (QED) is 0.306. The van der Waals surface area contributed by atoms with E-state index < -0.39 is 9.84 Å². The predicted octanol–water partition coefficient (Wildman–Crippen LogP) is 5.76. The summed E-state index contributed by atoms with van der Waals surface area (Å²) in [6.07, 6.45) is 0. The molecule has 2 N–H and O–H groups in total. The summed E-state index contributed by atoms with van der Waals surface area (Å²) >= 11 is 1.09. The molecule has 0 atom stereocenters. The standard InChI is InChI=1S/C26H25N3O3S2/c1-18(2)19-13-15-21(16-14-19)27-23(30)17-33-25-26(34(31,32)22-11-7-4-8-12-22)29-24(28-25)20-9-5-3-6-10-20/h3-16,18H,17H2,1-2H3,(H,27,30)(H,28,29). The Hall–Kier alpha value is -3.36. The van der Waals surface area contributed by atoms with E-state index in [-0.39, 0.29) is 26.6 Å². The van der Waals surface area contributed by atoms with Gasteiger partial charge in [0.1, 0.15) is 10.9 Å². The molecule has 8 heteroatoms. The highest BCUT2D eigenvalue weighted by atomic mass is 32.2. The molecule has 0 aliphatic heterocycles. The molecular weight excluding hydrogens is 466 g/mol. The van der Waals surface area contributed by atoms with Crippen molar-refractivity contribution in [2.45, 2.75) is 34.7 Å². The van der Waals surface area contributed by atoms with Gasteiger partial charge in [0, 0.05) is 11.3 Å². The van der Waals surface area contributed by atoms with Gasteiger partial charge in [-0.3, -0.25) is 4.79 Å². The molecule has 0 aliphatic carbocycles. The number of imidazole rings is 1. The molecule has 0 aliphatic rings. The lowest BCUT2D eigenvalue weighted by Gasteiger charge is -2.08. The summed E-state index contributed by atoms with van der Waals surface area (Å²) in [5, 5.41) is 3.10. The molecule has 34 heavy (non-hydrogen) atoms. The van der Waals surface area contributed by atoms with Gasteiger partial charge in [-0.1, -0.05) is 86.3 Å². The molecule has 0 radical (unpaired) electrons. The first-order chi connectivity index (χ1) is 16.3. The molecule has 4 rings (SSSR count). The fourth-order valence-corrected chi connectivity index (χ4v) is 5.80. The second-order valence-corrected chi connectivity index (χ2v) is 10.9. The molecule has 6 nitrogen and oxygen atoms in total. The highest BCUT2D eigenvalue weighted by molar-refractivity contribution is 8.00. The maximum atomic E-state index is 13.3. The number of benzene rings is 3. The monoisotopic (exact) mass is 491 g/mol. The predicted molar refractivity (Wildman–Crippen MR) is 136 cm³/mol. The van der Waals surface area contributed by atoms with E-state index in [1.54, 1.807) is 30.3 Å². The van der Waals surface area contributed by atoms with Gasteiger partial charge in [0.2, 0.25) is 15.7 Å². The molecule has 0 saturated heterocycles. The Labute approximate surface area is 203 Å². The molecule has 4 aromatic rings. The number of hydrogen-bond acceptors (Lipinski definition) is 5. The van der Waals surface area contributed by atoms with Gasteiger partial charge in [0.05, 0.1) is 10.6 Å². The lowest BCUT2D eigenvalue weighted by Crippen LogP contribution is -2.14. The summed E-state index contributed by atoms with van der Waals surface area (Å²) in [7, 11) is -3.85. The van der Waals surface area contributed by atoms with Crippen LogP contribution in [0.15, 0.2) is 99.9 Å². The number of aromatic amines is 1. The highest BCUT2D eigenvalue weighted by Gasteiger charge is 2.26. The third kappa shape index (κ3) is 5.40. The second kappa shape index (κ2) is 10.3. The SMILES string of the molecule is CC(C)c1ccc(NC(=O)CSc2nc(-c3ccccc3)[nH]c2S(=O)(=O)c2ccccc2)cc1. The lowest BCUT2D eigenvalue weighted by molar-refractivity contribution is -0.113. The van der Waals surface area contributed by atoms with Crippen molar-refractivity contribution >= 4 is 33.2 Å². The van der Waals surface area contributed by atoms with E-state index in [0.29, 0.717) is 17.4 Å². The van der Waals surface area contributed by atoms with E-state index in [9.17, 15) is 13.2 Å². The number of rotatable bonds is 8. The minimum Gasteiger partial charge on any atom is -0.328 e. The molecule has 0 spiro atoms. The van der Waals surface area contributed by atoms with Gasteiger partial charge >= 0.3 is 0 Å². The van der Waals surface area contributed by atoms with Crippen molar-refractivity contribution < 1.29 is 13.2 Å². The van der Waals surface area contributed by atoms with Crippen molar-refractivity contribution in [3.63, 3.8) is 0 Å². The average molecular weight is 492 g/mol. The number of hydrogen-bond donors (Lipinski definition) is 2. The fourth-order valence-electron chi connectivity index (χ4n) is 3.35. The first-order valence-corrected chi connectivity index (χ1v) is 13.3. The topological polar surface area (TPSA) is 91.9 Å². The summed E-state index contributed by atoms with van der Waals surface area (Å²) in [4.78, 5) is 20.3. The normalized spacial score (nSPS) is 11.5. The molecule has 1 aromatic heterocycles. The van der Waals surface area contributed by atoms with Gasteiger partial charge in [-0.05, 0) is 35.7 Å². The van der Waals surface area contributed by atoms with Crippen LogP contribution in [0.2, 0.25) is 0 Å². The number of amides is 1. The Morgan fingerprint density at radius 3 is 2.18 bits per heavy atom. The summed E-state index contributed by atoms with van der Waals surface area (Å²) in [6, 6.07) is 25.2. The van der Waals surface area contributed by atoms with E-state index in [2.05, 4.69) is 29.1 Å². The molecule has 3 aromatic carbocycles. The van der Waals surface area contributed by atoms with Crippen LogP contribution in [0, 0.1) is 0 Å². The number of sulfone groups is 1. The Morgan fingerprint density at radius 1 is 0.941 bits per heavy atom. The Balaban J connectivity index is 1.57. The van der Waals surface area contributed by atoms with Crippen molar-refractivity contribution in [3.8, 4) is 11.4 Å². The zero-order chi connectivity index (χ0) is 24.1. The Bertz CT molecular complexity index is 1370. The van der Waals surface area contributed by atoms with E-state index in [4.69, 9.17) is 0 Å². The summed E-state index contributed by atoms with van der Waals surface area (Å²) in [5.74, 6) is 0.614. The zero-order valence-corrected chi connectivity index (χ0v) is 20.5. The molecule has 0 fully saturated rings. The Kier molecular flexibility index (Phi) is 7.19. The molecular formula is C26H25N3O3S2. The van der Waals surface area contributed by atoms with Crippen molar-refractivity contribution in [1.29, 1.82) is 0 Å². The van der Waals surface area contributed by atoms with Crippen LogP contribution in [0.1, 0.15) is 25.3 Å². The molecule has 1 amide bonds. The summed E-state index contributed by atoms with van der Waals surface area (Å²) in [6.45, 7) is 4.22. The van der Waals surface area contributed by atoms with Gasteiger partial charge in [0.25, 0.3) is 0 Å². The minimum absolute atomic E-state index is 0.0162. The van der Waals surface area contributed by atoms with Crippen LogP contribution in [0.3, 0.4) is 0 Å². The first kappa shape index (κ1) is 23.8. The van der Waals surface area contributed by atoms with Crippen LogP contribution >= 0.6 is 11.8 Å². The number of carbonyl (C=O) groups is 1. The van der Waals surface area contributed by atoms with Crippen LogP contribution in [0.4, 0.5) is 5.69 Å². The van der Waals surface area contributed by atoms with Crippen LogP contribution in [-0.2, 0) is 14.6 Å². The third-order valence-corrected chi connectivity index (χ3v) is 8.04. The number of nitrogens with zero attached hydrogens (tertiary/aromatic N) is 1. The van der Waals surface area contributed by atoms with Gasteiger partial charge in [0.15, 0.2) is 5.03 Å². The minimum atomic E-state index is -3.85. The number of nitrogens with one attached hydrogen (secondary N) is 2. The average Bonchev–Trinajstić information content (AvgIpc) is 3.29. The van der Waals surface area contributed by atoms with E-state index in [1.165, 1.54) is 5.56 Å². The number of anilines is 1. The fraction of sp³-hybridized carbons (Fsp3) is 0.154. The Morgan fingerprint density at radius 2 is 1.56 bits per heavy atom. The van der Waals surface area contributed by atoms with Crippen LogP contribution in [-0.4, -0.2) is 30.0 Å². The molecule has 0 saturated carbocycles. The van der Waals surface area contributed by atoms with Gasteiger partial charge in [-0.25, -0.2) is 13.4 Å². The largest absolute Gasteiger partial charge is 0.328 e. The van der Waals surface area contributed by atoms with Crippen molar-refractivity contribution in [2.24, 2.45) is 0 Å². The maximum absolute atomic E-state index is 13.3. The number of aromatic nitrogens is 2. The first-order valence-electron chi connectivity index (χ1n) is 10.8. The van der Waals surface area contributed by atoms with Crippen molar-refractivity contribution in [3.05, 3.63) is 90.5 Å². The summed E-state index contributed by atoms with van der Waals surface area (Å²) < 4.78 is 26.7. The molecule has 1 heterocycles. The summed E-state index contributed by atoms with van der Waals surface area (Å²) in [5.41, 5.74) is 2.64. The van der Waals surface area contributed by atoms with Gasteiger partial charge in [-0.15, -0.1) is 0 Å². The van der Waals surface area contributed by atoms with Crippen molar-refractivity contribution in [1.82, 2.24) is 9.97 Å². The van der Waals surface area contributed by atoms with E-state index >= 15 is 0 Å². The molecule has 174 valence electrons. The molecule has 0 bridgehead atoms. The molecule has 0 unspecified atom stereocenters. The van der Waals surface area contributed by atoms with Crippen LogP contribution in [0.25, 0.3) is 11.4 Å². The maximum Gasteiger partial charge on any atom is 0.234 e. The lowest BCUT2D eigenvalue weighted by atomic mass is 10.0. The van der Waals surface area contributed by atoms with E-state index in [1.807, 2.05) is 54.6 Å². The number of thioether (sulfide) groups is 1. The van der Waals surface area contributed by atoms with Gasteiger partial charge in [-0.2, -0.15) is 0 Å².